The molecule has 2 atom stereocenters. The molecule has 1 aromatic carbocycles. The summed E-state index contributed by atoms with van der Waals surface area (Å²) in [6.45, 7) is 0.117. The van der Waals surface area contributed by atoms with Gasteiger partial charge in [-0.3, -0.25) is 4.79 Å². The van der Waals surface area contributed by atoms with Gasteiger partial charge in [0.2, 0.25) is 5.91 Å². The number of nitrogens with one attached hydrogen (secondary N) is 1. The van der Waals surface area contributed by atoms with Crippen LogP contribution in [0.25, 0.3) is 0 Å². The Morgan fingerprint density at radius 2 is 2.26 bits per heavy atom. The van der Waals surface area contributed by atoms with Crippen molar-refractivity contribution in [1.82, 2.24) is 5.32 Å². The molecule has 1 amide bonds. The van der Waals surface area contributed by atoms with Gasteiger partial charge in [0.25, 0.3) is 0 Å². The summed E-state index contributed by atoms with van der Waals surface area (Å²) in [4.78, 5) is 11.8. The molecule has 0 heterocycles. The number of halogens is 2. The van der Waals surface area contributed by atoms with Gasteiger partial charge in [0, 0.05) is 29.6 Å². The van der Waals surface area contributed by atoms with Crippen molar-refractivity contribution in [2.45, 2.75) is 38.3 Å². The number of nitrogens with two attached hydrogens (primary N) is 1. The Morgan fingerprint density at radius 1 is 1.47 bits per heavy atom. The van der Waals surface area contributed by atoms with Crippen LogP contribution in [0.3, 0.4) is 0 Å². The van der Waals surface area contributed by atoms with E-state index >= 15 is 0 Å². The standard InChI is InChI=1S/C14H18ClFN2O/c15-11-4-2-5-12(16)10(11)8-18-14(19)7-9-3-1-6-13(9)17/h2,4-5,9,13H,1,3,6-8,17H2,(H,18,19)/t9-,13+/m0/s1. The molecule has 3 N–H and O–H groups in total. The molecule has 19 heavy (non-hydrogen) atoms. The summed E-state index contributed by atoms with van der Waals surface area (Å²) in [6, 6.07) is 4.60. The zero-order chi connectivity index (χ0) is 13.8. The number of hydrogen-bond donors (Lipinski definition) is 2. The lowest BCUT2D eigenvalue weighted by molar-refractivity contribution is -0.122. The molecule has 5 heteroatoms. The Labute approximate surface area is 117 Å². The van der Waals surface area contributed by atoms with Crippen molar-refractivity contribution in [2.24, 2.45) is 11.7 Å². The third-order valence-corrected chi connectivity index (χ3v) is 4.04. The van der Waals surface area contributed by atoms with Gasteiger partial charge in [-0.2, -0.15) is 0 Å². The van der Waals surface area contributed by atoms with Crippen molar-refractivity contribution in [3.8, 4) is 0 Å². The zero-order valence-corrected chi connectivity index (χ0v) is 11.4. The van der Waals surface area contributed by atoms with Gasteiger partial charge in [0.1, 0.15) is 5.82 Å². The van der Waals surface area contributed by atoms with Crippen LogP contribution in [0.15, 0.2) is 18.2 Å². The largest absolute Gasteiger partial charge is 0.352 e. The third kappa shape index (κ3) is 3.67. The van der Waals surface area contributed by atoms with E-state index in [0.29, 0.717) is 17.0 Å². The predicted octanol–water partition coefficient (Wildman–Crippen LogP) is 2.61. The second-order valence-corrected chi connectivity index (χ2v) is 5.44. The lowest BCUT2D eigenvalue weighted by Gasteiger charge is -2.15. The summed E-state index contributed by atoms with van der Waals surface area (Å²) in [7, 11) is 0. The number of carbonyl (C=O) groups excluding carboxylic acids is 1. The quantitative estimate of drug-likeness (QED) is 0.893. The highest BCUT2D eigenvalue weighted by Crippen LogP contribution is 2.26. The van der Waals surface area contributed by atoms with E-state index in [9.17, 15) is 9.18 Å². The molecule has 1 saturated carbocycles. The van der Waals surface area contributed by atoms with Crippen LogP contribution in [-0.2, 0) is 11.3 Å². The van der Waals surface area contributed by atoms with Gasteiger partial charge in [0.15, 0.2) is 0 Å². The maximum atomic E-state index is 13.5. The number of hydrogen-bond acceptors (Lipinski definition) is 2. The normalized spacial score (nSPS) is 22.5. The van der Waals surface area contributed by atoms with E-state index in [2.05, 4.69) is 5.32 Å². The molecular formula is C14H18ClFN2O. The topological polar surface area (TPSA) is 55.1 Å². The first-order valence-corrected chi connectivity index (χ1v) is 6.91. The second-order valence-electron chi connectivity index (χ2n) is 5.04. The molecule has 0 radical (unpaired) electrons. The van der Waals surface area contributed by atoms with Gasteiger partial charge >= 0.3 is 0 Å². The van der Waals surface area contributed by atoms with Gasteiger partial charge in [-0.1, -0.05) is 24.1 Å². The molecular weight excluding hydrogens is 267 g/mol. The molecule has 1 aliphatic carbocycles. The molecule has 1 aliphatic rings. The number of benzene rings is 1. The van der Waals surface area contributed by atoms with E-state index in [1.165, 1.54) is 6.07 Å². The fourth-order valence-electron chi connectivity index (χ4n) is 2.52. The van der Waals surface area contributed by atoms with Crippen molar-refractivity contribution >= 4 is 17.5 Å². The maximum Gasteiger partial charge on any atom is 0.220 e. The van der Waals surface area contributed by atoms with Crippen molar-refractivity contribution in [3.63, 3.8) is 0 Å². The summed E-state index contributed by atoms with van der Waals surface area (Å²) in [5, 5.41) is 3.04. The second kappa shape index (κ2) is 6.35. The van der Waals surface area contributed by atoms with Gasteiger partial charge in [-0.05, 0) is 30.9 Å². The lowest BCUT2D eigenvalue weighted by Crippen LogP contribution is -2.31. The smallest absolute Gasteiger partial charge is 0.220 e. The monoisotopic (exact) mass is 284 g/mol. The molecule has 0 bridgehead atoms. The van der Waals surface area contributed by atoms with Crippen LogP contribution >= 0.6 is 11.6 Å². The lowest BCUT2D eigenvalue weighted by atomic mass is 10.00. The summed E-state index contributed by atoms with van der Waals surface area (Å²) in [5.74, 6) is -0.247. The van der Waals surface area contributed by atoms with Gasteiger partial charge in [0.05, 0.1) is 0 Å². The highest BCUT2D eigenvalue weighted by atomic mass is 35.5. The van der Waals surface area contributed by atoms with Crippen LogP contribution in [0.5, 0.6) is 0 Å². The minimum atomic E-state index is -0.398. The molecule has 0 unspecified atom stereocenters. The van der Waals surface area contributed by atoms with E-state index in [1.807, 2.05) is 0 Å². The fraction of sp³-hybridized carbons (Fsp3) is 0.500. The summed E-state index contributed by atoms with van der Waals surface area (Å²) in [5.41, 5.74) is 6.25. The molecule has 0 aliphatic heterocycles. The minimum Gasteiger partial charge on any atom is -0.352 e. The Kier molecular flexibility index (Phi) is 4.77. The van der Waals surface area contributed by atoms with E-state index in [1.54, 1.807) is 12.1 Å². The Morgan fingerprint density at radius 3 is 2.89 bits per heavy atom. The van der Waals surface area contributed by atoms with E-state index < -0.39 is 5.82 Å². The highest BCUT2D eigenvalue weighted by molar-refractivity contribution is 6.31. The first-order valence-electron chi connectivity index (χ1n) is 6.53. The third-order valence-electron chi connectivity index (χ3n) is 3.69. The highest BCUT2D eigenvalue weighted by Gasteiger charge is 2.25. The molecule has 2 rings (SSSR count). The first kappa shape index (κ1) is 14.3. The zero-order valence-electron chi connectivity index (χ0n) is 10.7. The average molecular weight is 285 g/mol. The minimum absolute atomic E-state index is 0.0957. The van der Waals surface area contributed by atoms with Crippen LogP contribution < -0.4 is 11.1 Å². The maximum absolute atomic E-state index is 13.5. The van der Waals surface area contributed by atoms with Crippen LogP contribution in [0.2, 0.25) is 5.02 Å². The van der Waals surface area contributed by atoms with Crippen LogP contribution in [0.1, 0.15) is 31.2 Å². The number of rotatable bonds is 4. The van der Waals surface area contributed by atoms with Crippen LogP contribution in [0, 0.1) is 11.7 Å². The Hall–Kier alpha value is -1.13. The van der Waals surface area contributed by atoms with Gasteiger partial charge in [-0.15, -0.1) is 0 Å². The first-order chi connectivity index (χ1) is 9.08. The van der Waals surface area contributed by atoms with E-state index in [4.69, 9.17) is 17.3 Å². The van der Waals surface area contributed by atoms with Gasteiger partial charge in [-0.25, -0.2) is 4.39 Å². The molecule has 0 aromatic heterocycles. The van der Waals surface area contributed by atoms with Crippen molar-refractivity contribution < 1.29 is 9.18 Å². The summed E-state index contributed by atoms with van der Waals surface area (Å²) < 4.78 is 13.5. The molecule has 1 aromatic rings. The van der Waals surface area contributed by atoms with Crippen molar-refractivity contribution in [3.05, 3.63) is 34.6 Å². The fourth-order valence-corrected chi connectivity index (χ4v) is 2.75. The van der Waals surface area contributed by atoms with Crippen LogP contribution in [0.4, 0.5) is 4.39 Å². The predicted molar refractivity (Wildman–Crippen MR) is 73.2 cm³/mol. The Balaban J connectivity index is 1.86. The van der Waals surface area contributed by atoms with E-state index in [0.717, 1.165) is 19.3 Å². The summed E-state index contributed by atoms with van der Waals surface area (Å²) >= 11 is 5.90. The SMILES string of the molecule is N[C@@H]1CCC[C@H]1CC(=O)NCc1c(F)cccc1Cl. The number of carbonyl (C=O) groups is 1. The molecule has 0 saturated heterocycles. The molecule has 104 valence electrons. The number of amides is 1. The van der Waals surface area contributed by atoms with E-state index in [-0.39, 0.29) is 24.4 Å². The van der Waals surface area contributed by atoms with Gasteiger partial charge < -0.3 is 11.1 Å². The van der Waals surface area contributed by atoms with Crippen LogP contribution in [-0.4, -0.2) is 11.9 Å². The summed E-state index contributed by atoms with van der Waals surface area (Å²) in [6.07, 6.45) is 3.47. The Bertz CT molecular complexity index is 447. The van der Waals surface area contributed by atoms with Crippen molar-refractivity contribution in [2.75, 3.05) is 0 Å². The molecule has 1 fully saturated rings. The molecule has 3 nitrogen and oxygen atoms in total. The molecule has 0 spiro atoms. The average Bonchev–Trinajstić information content (AvgIpc) is 2.74. The van der Waals surface area contributed by atoms with Crippen molar-refractivity contribution in [1.29, 1.82) is 0 Å².